The molecule has 4 saturated carbocycles. The van der Waals surface area contributed by atoms with Gasteiger partial charge in [-0.1, -0.05) is 6.07 Å². The summed E-state index contributed by atoms with van der Waals surface area (Å²) in [7, 11) is 0. The van der Waals surface area contributed by atoms with Gasteiger partial charge in [0.25, 0.3) is 5.91 Å². The van der Waals surface area contributed by atoms with Crippen LogP contribution in [0.15, 0.2) is 28.5 Å². The molecule has 2 aromatic rings. The Hall–Kier alpha value is -2.23. The van der Waals surface area contributed by atoms with Crippen molar-refractivity contribution in [3.05, 3.63) is 45.4 Å². The van der Waals surface area contributed by atoms with Gasteiger partial charge < -0.3 is 10.2 Å². The highest BCUT2D eigenvalue weighted by Crippen LogP contribution is 2.60. The first kappa shape index (κ1) is 22.9. The Morgan fingerprint density at radius 3 is 2.81 bits per heavy atom. The topological polar surface area (TPSA) is 91.4 Å². The minimum atomic E-state index is -0.584. The summed E-state index contributed by atoms with van der Waals surface area (Å²) < 4.78 is 0. The number of piperidine rings is 1. The molecule has 7 nitrogen and oxygen atoms in total. The van der Waals surface area contributed by atoms with Crippen molar-refractivity contribution in [3.63, 3.8) is 0 Å². The van der Waals surface area contributed by atoms with Crippen LogP contribution in [-0.4, -0.2) is 39.2 Å². The number of hydrogen-bond acceptors (Lipinski definition) is 7. The summed E-state index contributed by atoms with van der Waals surface area (Å²) in [5.41, 5.74) is 3.08. The van der Waals surface area contributed by atoms with E-state index < -0.39 is 6.04 Å². The Morgan fingerprint density at radius 2 is 2.00 bits per heavy atom. The lowest BCUT2D eigenvalue weighted by molar-refractivity contribution is -0.136. The number of thioether (sulfide) groups is 1. The third-order valence-electron chi connectivity index (χ3n) is 9.10. The van der Waals surface area contributed by atoms with Crippen LogP contribution < -0.4 is 10.6 Å². The van der Waals surface area contributed by atoms with Crippen LogP contribution in [0, 0.1) is 17.8 Å². The number of carbonyl (C=O) groups is 3. The molecule has 5 fully saturated rings. The zero-order valence-corrected chi connectivity index (χ0v) is 21.8. The summed E-state index contributed by atoms with van der Waals surface area (Å²) in [6.45, 7) is 1.27. The second kappa shape index (κ2) is 8.67. The minimum absolute atomic E-state index is 0.127. The lowest BCUT2D eigenvalue weighted by Gasteiger charge is -2.33. The molecule has 2 aliphatic heterocycles. The number of imide groups is 1. The molecular weight excluding hydrogens is 492 g/mol. The number of benzene rings is 1. The molecule has 3 atom stereocenters. The van der Waals surface area contributed by atoms with Crippen molar-refractivity contribution in [1.29, 1.82) is 0 Å². The molecule has 3 heterocycles. The van der Waals surface area contributed by atoms with E-state index in [1.807, 2.05) is 18.2 Å². The highest BCUT2D eigenvalue weighted by molar-refractivity contribution is 7.98. The quantitative estimate of drug-likeness (QED) is 0.424. The number of aromatic nitrogens is 1. The maximum absolute atomic E-state index is 13.1. The third-order valence-corrected chi connectivity index (χ3v) is 11.1. The van der Waals surface area contributed by atoms with E-state index in [-0.39, 0.29) is 24.1 Å². The predicted octanol–water partition coefficient (Wildman–Crippen LogP) is 3.86. The number of hydrogen-bond donors (Lipinski definition) is 2. The molecule has 3 unspecified atom stereocenters. The second-order valence-electron chi connectivity index (χ2n) is 11.3. The zero-order chi connectivity index (χ0) is 24.4. The van der Waals surface area contributed by atoms with Gasteiger partial charge in [0.05, 0.1) is 5.69 Å². The molecule has 4 aliphatic carbocycles. The number of amides is 3. The monoisotopic (exact) mass is 522 g/mol. The summed E-state index contributed by atoms with van der Waals surface area (Å²) in [4.78, 5) is 44.5. The summed E-state index contributed by atoms with van der Waals surface area (Å²) in [5.74, 6) is 2.75. The number of fused-ring (bicyclic) bond motifs is 1. The van der Waals surface area contributed by atoms with E-state index in [4.69, 9.17) is 4.98 Å². The highest BCUT2D eigenvalue weighted by atomic mass is 32.2. The van der Waals surface area contributed by atoms with Gasteiger partial charge in [0.1, 0.15) is 11.0 Å². The molecule has 1 aromatic carbocycles. The zero-order valence-electron chi connectivity index (χ0n) is 20.1. The van der Waals surface area contributed by atoms with Crippen molar-refractivity contribution in [2.75, 3.05) is 0 Å². The maximum atomic E-state index is 13.1. The van der Waals surface area contributed by atoms with Gasteiger partial charge >= 0.3 is 0 Å². The molecule has 2 N–H and O–H groups in total. The molecule has 0 radical (unpaired) electrons. The van der Waals surface area contributed by atoms with Gasteiger partial charge in [-0.25, -0.2) is 4.98 Å². The number of rotatable bonds is 7. The number of thiazole rings is 1. The van der Waals surface area contributed by atoms with Gasteiger partial charge in [-0.2, -0.15) is 0 Å². The predicted molar refractivity (Wildman–Crippen MR) is 137 cm³/mol. The van der Waals surface area contributed by atoms with Crippen LogP contribution in [0.4, 0.5) is 0 Å². The normalized spacial score (nSPS) is 32.4. The van der Waals surface area contributed by atoms with Crippen molar-refractivity contribution in [2.24, 2.45) is 17.8 Å². The van der Waals surface area contributed by atoms with Crippen molar-refractivity contribution < 1.29 is 14.4 Å². The Bertz CT molecular complexity index is 1250. The average Bonchev–Trinajstić information content (AvgIpc) is 3.57. The Labute approximate surface area is 218 Å². The van der Waals surface area contributed by atoms with Gasteiger partial charge in [0, 0.05) is 46.6 Å². The highest BCUT2D eigenvalue weighted by Gasteiger charge is 2.57. The van der Waals surface area contributed by atoms with Crippen LogP contribution in [0.25, 0.3) is 0 Å². The lowest BCUT2D eigenvalue weighted by Crippen LogP contribution is -2.52. The molecule has 1 saturated heterocycles. The first-order chi connectivity index (χ1) is 17.5. The van der Waals surface area contributed by atoms with Crippen LogP contribution >= 0.6 is 23.1 Å². The maximum Gasteiger partial charge on any atom is 0.255 e. The number of nitrogens with one attached hydrogen (secondary N) is 2. The van der Waals surface area contributed by atoms with Crippen molar-refractivity contribution in [2.45, 2.75) is 80.3 Å². The molecule has 36 heavy (non-hydrogen) atoms. The molecule has 0 spiro atoms. The van der Waals surface area contributed by atoms with E-state index >= 15 is 0 Å². The summed E-state index contributed by atoms with van der Waals surface area (Å²) in [6, 6.07) is 5.21. The summed E-state index contributed by atoms with van der Waals surface area (Å²) >= 11 is 3.43. The van der Waals surface area contributed by atoms with Gasteiger partial charge in [-0.3, -0.25) is 19.7 Å². The number of carbonyl (C=O) groups excluding carboxylic acids is 3. The van der Waals surface area contributed by atoms with Gasteiger partial charge in [-0.05, 0) is 74.0 Å². The number of nitrogens with zero attached hydrogens (tertiary/aromatic N) is 2. The standard InChI is InChI=1S/C27H30N4O3S2/c32-23-5-4-21(25(33)30-23)31-12-20-19(26(31)34)2-1-3-22(20)35-13-18-14-36-24(29-18)11-28-27-9-15-6-16(10-27)8-17(27)7-15/h1-3,14-17,21,28H,4-13H2,(H,30,32,33). The van der Waals surface area contributed by atoms with Crippen LogP contribution in [-0.2, 0) is 28.4 Å². The van der Waals surface area contributed by atoms with E-state index in [9.17, 15) is 14.4 Å². The van der Waals surface area contributed by atoms with Crippen LogP contribution in [0.5, 0.6) is 0 Å². The van der Waals surface area contributed by atoms with Crippen molar-refractivity contribution in [1.82, 2.24) is 20.5 Å². The van der Waals surface area contributed by atoms with Crippen LogP contribution in [0.1, 0.15) is 71.6 Å². The molecule has 8 rings (SSSR count). The molecule has 1 aromatic heterocycles. The minimum Gasteiger partial charge on any atom is -0.322 e. The Morgan fingerprint density at radius 1 is 1.17 bits per heavy atom. The lowest BCUT2D eigenvalue weighted by atomic mass is 9.80. The Balaban J connectivity index is 0.993. The smallest absolute Gasteiger partial charge is 0.255 e. The molecule has 188 valence electrons. The molecular formula is C27H30N4O3S2. The van der Waals surface area contributed by atoms with E-state index in [1.54, 1.807) is 28.0 Å². The van der Waals surface area contributed by atoms with E-state index in [0.29, 0.717) is 24.1 Å². The first-order valence-electron chi connectivity index (χ1n) is 13.0. The molecule has 3 amide bonds. The fourth-order valence-corrected chi connectivity index (χ4v) is 9.49. The Kier molecular flexibility index (Phi) is 5.52. The molecule has 6 aliphatic rings. The molecule has 9 heteroatoms. The van der Waals surface area contributed by atoms with Gasteiger partial charge in [-0.15, -0.1) is 23.1 Å². The third kappa shape index (κ3) is 3.82. The summed E-state index contributed by atoms with van der Waals surface area (Å²) in [6.07, 6.45) is 7.67. The van der Waals surface area contributed by atoms with E-state index in [2.05, 4.69) is 16.0 Å². The summed E-state index contributed by atoms with van der Waals surface area (Å²) in [5, 5.41) is 9.63. The second-order valence-corrected chi connectivity index (χ2v) is 13.2. The molecule has 4 bridgehead atoms. The fraction of sp³-hybridized carbons (Fsp3) is 0.556. The largest absolute Gasteiger partial charge is 0.322 e. The van der Waals surface area contributed by atoms with E-state index in [0.717, 1.165) is 51.2 Å². The SMILES string of the molecule is O=C1CCC(N2Cc3c(SCc4csc(CNC56CC7CC(CC5C7)C6)n4)cccc3C2=O)C(=O)N1. The average molecular weight is 523 g/mol. The van der Waals surface area contributed by atoms with Crippen LogP contribution in [0.2, 0.25) is 0 Å². The van der Waals surface area contributed by atoms with Crippen molar-refractivity contribution >= 4 is 40.8 Å². The van der Waals surface area contributed by atoms with Gasteiger partial charge in [0.15, 0.2) is 0 Å². The van der Waals surface area contributed by atoms with E-state index in [1.165, 1.54) is 32.1 Å². The van der Waals surface area contributed by atoms with Crippen LogP contribution in [0.3, 0.4) is 0 Å². The van der Waals surface area contributed by atoms with Crippen molar-refractivity contribution in [3.8, 4) is 0 Å². The fourth-order valence-electron chi connectivity index (χ4n) is 7.68. The van der Waals surface area contributed by atoms with Gasteiger partial charge in [0.2, 0.25) is 11.8 Å². The first-order valence-corrected chi connectivity index (χ1v) is 14.9.